The van der Waals surface area contributed by atoms with Gasteiger partial charge in [0.05, 0.1) is 16.9 Å². The molecule has 0 saturated heterocycles. The molecule has 3 heterocycles. The van der Waals surface area contributed by atoms with Crippen LogP contribution in [-0.2, 0) is 13.0 Å². The summed E-state index contributed by atoms with van der Waals surface area (Å²) in [6.07, 6.45) is 2.25. The molecular formula is C26H21N5O3S. The Morgan fingerprint density at radius 2 is 1.83 bits per heavy atom. The van der Waals surface area contributed by atoms with Crippen molar-refractivity contribution in [1.29, 1.82) is 0 Å². The number of benzene rings is 2. The lowest BCUT2D eigenvalue weighted by atomic mass is 10.1. The Bertz CT molecular complexity index is 1510. The minimum Gasteiger partial charge on any atom is -0.489 e. The van der Waals surface area contributed by atoms with E-state index in [0.29, 0.717) is 35.9 Å². The first-order valence-corrected chi connectivity index (χ1v) is 11.8. The van der Waals surface area contributed by atoms with Crippen molar-refractivity contribution in [2.24, 2.45) is 0 Å². The van der Waals surface area contributed by atoms with E-state index in [2.05, 4.69) is 20.5 Å². The van der Waals surface area contributed by atoms with E-state index in [1.165, 1.54) is 0 Å². The lowest BCUT2D eigenvalue weighted by Crippen LogP contribution is -2.25. The van der Waals surface area contributed by atoms with Crippen LogP contribution in [0.25, 0.3) is 22.3 Å². The predicted molar refractivity (Wildman–Crippen MR) is 135 cm³/mol. The van der Waals surface area contributed by atoms with Gasteiger partial charge in [-0.2, -0.15) is 5.10 Å². The van der Waals surface area contributed by atoms with Crippen LogP contribution < -0.4 is 14.9 Å². The molecule has 0 unspecified atom stereocenters. The molecule has 174 valence electrons. The molecule has 0 atom stereocenters. The first kappa shape index (κ1) is 22.4. The number of pyridine rings is 2. The Kier molecular flexibility index (Phi) is 6.58. The second kappa shape index (κ2) is 10.3. The Balaban J connectivity index is 1.25. The lowest BCUT2D eigenvalue weighted by Gasteiger charge is -2.12. The molecule has 0 spiro atoms. The van der Waals surface area contributed by atoms with Gasteiger partial charge in [0.15, 0.2) is 0 Å². The molecule has 2 N–H and O–H groups in total. The molecule has 8 nitrogen and oxygen atoms in total. The topological polar surface area (TPSA) is 110 Å². The monoisotopic (exact) mass is 483 g/mol. The number of aromatic nitrogens is 4. The maximum absolute atomic E-state index is 12.4. The Morgan fingerprint density at radius 3 is 2.60 bits per heavy atom. The summed E-state index contributed by atoms with van der Waals surface area (Å²) in [6.45, 7) is 0.743. The number of fused-ring (bicyclic) bond motifs is 1. The molecule has 0 bridgehead atoms. The van der Waals surface area contributed by atoms with E-state index in [0.717, 1.165) is 39.2 Å². The molecule has 3 aromatic heterocycles. The van der Waals surface area contributed by atoms with Crippen LogP contribution in [0, 0.1) is 0 Å². The zero-order valence-corrected chi connectivity index (χ0v) is 19.4. The van der Waals surface area contributed by atoms with Crippen molar-refractivity contribution in [1.82, 2.24) is 25.5 Å². The van der Waals surface area contributed by atoms with Crippen LogP contribution >= 0.6 is 11.3 Å². The number of nitrogens with one attached hydrogen (secondary N) is 2. The largest absolute Gasteiger partial charge is 0.489 e. The van der Waals surface area contributed by atoms with Crippen molar-refractivity contribution >= 4 is 28.1 Å². The molecule has 1 amide bonds. The van der Waals surface area contributed by atoms with Crippen LogP contribution in [0.4, 0.5) is 0 Å². The number of hydrogen-bond acceptors (Lipinski definition) is 7. The number of rotatable bonds is 8. The van der Waals surface area contributed by atoms with E-state index in [9.17, 15) is 9.59 Å². The zero-order chi connectivity index (χ0) is 24.0. The lowest BCUT2D eigenvalue weighted by molar-refractivity contribution is 0.0954. The summed E-state index contributed by atoms with van der Waals surface area (Å²) >= 11 is 1.04. The number of H-pyrrole nitrogens is 1. The summed E-state index contributed by atoms with van der Waals surface area (Å²) in [5, 5.41) is 10.8. The number of carbonyl (C=O) groups is 1. The molecule has 0 aliphatic carbocycles. The molecule has 9 heteroatoms. The smallest absolute Gasteiger partial charge is 0.322 e. The number of amides is 1. The van der Waals surface area contributed by atoms with Crippen molar-refractivity contribution in [3.8, 4) is 17.1 Å². The van der Waals surface area contributed by atoms with Crippen LogP contribution in [0.2, 0.25) is 0 Å². The van der Waals surface area contributed by atoms with Crippen LogP contribution in [0.15, 0.2) is 83.8 Å². The van der Waals surface area contributed by atoms with E-state index < -0.39 is 0 Å². The maximum Gasteiger partial charge on any atom is 0.322 e. The van der Waals surface area contributed by atoms with Gasteiger partial charge < -0.3 is 10.1 Å². The van der Waals surface area contributed by atoms with Crippen LogP contribution in [0.1, 0.15) is 20.9 Å². The minimum atomic E-state index is -0.199. The maximum atomic E-state index is 12.4. The van der Waals surface area contributed by atoms with Gasteiger partial charge >= 0.3 is 4.87 Å². The third-order valence-corrected chi connectivity index (χ3v) is 6.15. The Hall–Kier alpha value is -4.37. The number of para-hydroxylation sites is 1. The zero-order valence-electron chi connectivity index (χ0n) is 18.6. The third-order valence-electron chi connectivity index (χ3n) is 5.35. The predicted octanol–water partition coefficient (Wildman–Crippen LogP) is 3.99. The molecular weight excluding hydrogens is 462 g/mol. The number of aromatic amines is 1. The van der Waals surface area contributed by atoms with E-state index >= 15 is 0 Å². The van der Waals surface area contributed by atoms with Gasteiger partial charge in [-0.25, -0.2) is 10.1 Å². The van der Waals surface area contributed by atoms with Crippen LogP contribution in [0.5, 0.6) is 5.75 Å². The van der Waals surface area contributed by atoms with E-state index in [1.807, 2.05) is 48.5 Å². The van der Waals surface area contributed by atoms with Crippen molar-refractivity contribution in [2.45, 2.75) is 13.0 Å². The third kappa shape index (κ3) is 5.42. The summed E-state index contributed by atoms with van der Waals surface area (Å²) in [4.78, 5) is 32.5. The fourth-order valence-corrected chi connectivity index (χ4v) is 4.23. The van der Waals surface area contributed by atoms with E-state index in [4.69, 9.17) is 9.72 Å². The fraction of sp³-hybridized carbons (Fsp3) is 0.115. The second-order valence-electron chi connectivity index (χ2n) is 7.72. The molecule has 2 aromatic carbocycles. The van der Waals surface area contributed by atoms with Gasteiger partial charge in [0.1, 0.15) is 17.4 Å². The highest BCUT2D eigenvalue weighted by molar-refractivity contribution is 7.08. The number of carbonyl (C=O) groups excluding carboxylic acids is 1. The first-order valence-electron chi connectivity index (χ1n) is 11.0. The Morgan fingerprint density at radius 1 is 1.00 bits per heavy atom. The van der Waals surface area contributed by atoms with Crippen LogP contribution in [-0.4, -0.2) is 32.6 Å². The van der Waals surface area contributed by atoms with Crippen molar-refractivity contribution in [3.63, 3.8) is 0 Å². The fourth-order valence-electron chi connectivity index (χ4n) is 3.63. The highest BCUT2D eigenvalue weighted by atomic mass is 32.1. The van der Waals surface area contributed by atoms with Crippen LogP contribution in [0.3, 0.4) is 0 Å². The molecule has 0 aliphatic rings. The van der Waals surface area contributed by atoms with Gasteiger partial charge in [-0.1, -0.05) is 35.6 Å². The van der Waals surface area contributed by atoms with Gasteiger partial charge in [0, 0.05) is 35.7 Å². The molecule has 5 aromatic rings. The number of hydrogen-bond donors (Lipinski definition) is 2. The summed E-state index contributed by atoms with van der Waals surface area (Å²) < 4.78 is 6.05. The van der Waals surface area contributed by atoms with Gasteiger partial charge in [0.25, 0.3) is 5.91 Å². The average molecular weight is 484 g/mol. The summed E-state index contributed by atoms with van der Waals surface area (Å²) in [5.41, 5.74) is 4.00. The van der Waals surface area contributed by atoms with Crippen molar-refractivity contribution < 1.29 is 9.53 Å². The normalized spacial score (nSPS) is 10.9. The molecule has 0 saturated carbocycles. The van der Waals surface area contributed by atoms with Gasteiger partial charge in [-0.3, -0.25) is 14.6 Å². The van der Waals surface area contributed by atoms with E-state index in [1.54, 1.807) is 30.5 Å². The summed E-state index contributed by atoms with van der Waals surface area (Å²) in [5.74, 6) is 0.461. The second-order valence-corrected chi connectivity index (χ2v) is 8.77. The number of ether oxygens (including phenoxy) is 1. The quantitative estimate of drug-likeness (QED) is 0.345. The average Bonchev–Trinajstić information content (AvgIpc) is 3.32. The summed E-state index contributed by atoms with van der Waals surface area (Å²) in [7, 11) is 0. The van der Waals surface area contributed by atoms with Gasteiger partial charge in [0.2, 0.25) is 0 Å². The number of nitrogens with zero attached hydrogens (tertiary/aromatic N) is 3. The Labute approximate surface area is 204 Å². The standard InChI is InChI=1S/C26H21N5O3S/c32-25(28-14-12-24-30-31-26(33)35-24)17-8-10-19(11-9-17)34-16-18-15-23(22-7-3-4-13-27-22)29-21-6-2-1-5-20(18)21/h1-11,13,15H,12,14,16H2,(H,28,32)(H,31,33). The molecule has 5 rings (SSSR count). The highest BCUT2D eigenvalue weighted by Gasteiger charge is 2.10. The minimum absolute atomic E-state index is 0.195. The molecule has 35 heavy (non-hydrogen) atoms. The van der Waals surface area contributed by atoms with Crippen molar-refractivity contribution in [2.75, 3.05) is 6.54 Å². The first-order chi connectivity index (χ1) is 17.2. The van der Waals surface area contributed by atoms with E-state index in [-0.39, 0.29) is 10.8 Å². The SMILES string of the molecule is O=C(NCCc1n[nH]c(=O)s1)c1ccc(OCc2cc(-c3ccccn3)nc3ccccc23)cc1. The molecule has 0 radical (unpaired) electrons. The molecule has 0 aliphatic heterocycles. The van der Waals surface area contributed by atoms with Gasteiger partial charge in [-0.15, -0.1) is 0 Å². The molecule has 0 fully saturated rings. The van der Waals surface area contributed by atoms with Crippen molar-refractivity contribution in [3.05, 3.63) is 105 Å². The highest BCUT2D eigenvalue weighted by Crippen LogP contribution is 2.25. The van der Waals surface area contributed by atoms with Gasteiger partial charge in [-0.05, 0) is 48.5 Å². The summed E-state index contributed by atoms with van der Waals surface area (Å²) in [6, 6.07) is 22.7.